The van der Waals surface area contributed by atoms with Crippen LogP contribution in [0.5, 0.6) is 0 Å². The Hall–Kier alpha value is -2.21. The molecule has 1 aliphatic heterocycles. The van der Waals surface area contributed by atoms with Crippen LogP contribution < -0.4 is 0 Å². The molecule has 3 rings (SSSR count). The number of halogens is 1. The van der Waals surface area contributed by atoms with Gasteiger partial charge in [0.1, 0.15) is 5.82 Å². The first kappa shape index (κ1) is 13.8. The zero-order valence-electron chi connectivity index (χ0n) is 11.6. The lowest BCUT2D eigenvalue weighted by molar-refractivity contribution is 0.0693. The predicted molar refractivity (Wildman–Crippen MR) is 76.8 cm³/mol. The van der Waals surface area contributed by atoms with Crippen molar-refractivity contribution >= 4 is 23.4 Å². The lowest BCUT2D eigenvalue weighted by Gasteiger charge is -2.08. The van der Waals surface area contributed by atoms with E-state index in [0.29, 0.717) is 16.8 Å². The molecular formula is C14H13ClN4O2. The van der Waals surface area contributed by atoms with Gasteiger partial charge in [-0.3, -0.25) is 19.1 Å². The van der Waals surface area contributed by atoms with Crippen LogP contribution in [0.3, 0.4) is 0 Å². The van der Waals surface area contributed by atoms with Crippen LogP contribution in [0.1, 0.15) is 39.9 Å². The summed E-state index contributed by atoms with van der Waals surface area (Å²) in [5, 5.41) is 8.15. The van der Waals surface area contributed by atoms with E-state index in [2.05, 4.69) is 10.2 Å². The third kappa shape index (κ3) is 2.03. The minimum absolute atomic E-state index is 0.239. The Morgan fingerprint density at radius 2 is 1.86 bits per heavy atom. The molecule has 2 aromatic rings. The molecule has 0 fully saturated rings. The summed E-state index contributed by atoms with van der Waals surface area (Å²) in [6.45, 7) is 2.03. The van der Waals surface area contributed by atoms with E-state index in [9.17, 15) is 9.59 Å². The highest BCUT2D eigenvalue weighted by atomic mass is 35.5. The Kier molecular flexibility index (Phi) is 3.25. The molecule has 2 heterocycles. The van der Waals surface area contributed by atoms with Crippen molar-refractivity contribution in [3.63, 3.8) is 0 Å². The van der Waals surface area contributed by atoms with Crippen LogP contribution in [0.15, 0.2) is 18.2 Å². The SMILES string of the molecule is CCCc1nnc(Cl)n1-c1ccc2c(c1)C(=O)N(C)C2=O. The molecule has 1 aliphatic rings. The highest BCUT2D eigenvalue weighted by Gasteiger charge is 2.33. The Morgan fingerprint density at radius 1 is 1.14 bits per heavy atom. The van der Waals surface area contributed by atoms with Crippen LogP contribution in [-0.2, 0) is 6.42 Å². The Morgan fingerprint density at radius 3 is 2.57 bits per heavy atom. The van der Waals surface area contributed by atoms with Crippen LogP contribution in [0.2, 0.25) is 5.28 Å². The maximum atomic E-state index is 12.1. The van der Waals surface area contributed by atoms with Crippen molar-refractivity contribution in [2.24, 2.45) is 0 Å². The van der Waals surface area contributed by atoms with Gasteiger partial charge in [-0.2, -0.15) is 0 Å². The highest BCUT2D eigenvalue weighted by molar-refractivity contribution is 6.28. The largest absolute Gasteiger partial charge is 0.277 e. The molecule has 6 nitrogen and oxygen atoms in total. The van der Waals surface area contributed by atoms with E-state index >= 15 is 0 Å². The van der Waals surface area contributed by atoms with Crippen molar-refractivity contribution in [1.29, 1.82) is 0 Å². The Bertz CT molecular complexity index is 753. The normalized spacial score (nSPS) is 14.0. The van der Waals surface area contributed by atoms with Crippen LogP contribution in [0.4, 0.5) is 0 Å². The first-order chi connectivity index (χ1) is 10.0. The van der Waals surface area contributed by atoms with Gasteiger partial charge in [0.05, 0.1) is 16.8 Å². The zero-order valence-corrected chi connectivity index (χ0v) is 12.4. The van der Waals surface area contributed by atoms with E-state index in [0.717, 1.165) is 23.6 Å². The van der Waals surface area contributed by atoms with Gasteiger partial charge in [0.25, 0.3) is 11.8 Å². The lowest BCUT2D eigenvalue weighted by atomic mass is 10.1. The number of aromatic nitrogens is 3. The fraction of sp³-hybridized carbons (Fsp3) is 0.286. The summed E-state index contributed by atoms with van der Waals surface area (Å²) in [4.78, 5) is 25.1. The quantitative estimate of drug-likeness (QED) is 0.814. The van der Waals surface area contributed by atoms with Gasteiger partial charge < -0.3 is 0 Å². The number of nitrogens with zero attached hydrogens (tertiary/aromatic N) is 4. The van der Waals surface area contributed by atoms with Gasteiger partial charge in [0.15, 0.2) is 0 Å². The summed E-state index contributed by atoms with van der Waals surface area (Å²) >= 11 is 6.09. The molecule has 108 valence electrons. The second-order valence-electron chi connectivity index (χ2n) is 4.87. The molecule has 0 saturated heterocycles. The molecule has 0 unspecified atom stereocenters. The maximum Gasteiger partial charge on any atom is 0.261 e. The Labute approximate surface area is 126 Å². The van der Waals surface area contributed by atoms with Gasteiger partial charge in [0.2, 0.25) is 5.28 Å². The molecule has 0 aliphatic carbocycles. The maximum absolute atomic E-state index is 12.1. The van der Waals surface area contributed by atoms with Crippen molar-refractivity contribution in [3.05, 3.63) is 40.4 Å². The fourth-order valence-electron chi connectivity index (χ4n) is 2.42. The predicted octanol–water partition coefficient (Wildman–Crippen LogP) is 2.10. The van der Waals surface area contributed by atoms with Crippen LogP contribution >= 0.6 is 11.6 Å². The minimum Gasteiger partial charge on any atom is -0.277 e. The number of carbonyl (C=O) groups is 2. The first-order valence-corrected chi connectivity index (χ1v) is 6.99. The van der Waals surface area contributed by atoms with E-state index in [1.807, 2.05) is 6.92 Å². The summed E-state index contributed by atoms with van der Waals surface area (Å²) in [6, 6.07) is 5.05. The summed E-state index contributed by atoms with van der Waals surface area (Å²) in [5.41, 5.74) is 1.48. The number of amides is 2. The number of benzene rings is 1. The number of imide groups is 1. The number of hydrogen-bond donors (Lipinski definition) is 0. The molecule has 0 saturated carbocycles. The molecule has 0 N–H and O–H groups in total. The standard InChI is InChI=1S/C14H13ClN4O2/c1-3-4-11-16-17-14(15)19(11)8-5-6-9-10(7-8)13(21)18(2)12(9)20/h5-7H,3-4H2,1-2H3. The lowest BCUT2D eigenvalue weighted by Crippen LogP contribution is -2.24. The molecule has 0 radical (unpaired) electrons. The van der Waals surface area contributed by atoms with Crippen molar-refractivity contribution in [1.82, 2.24) is 19.7 Å². The monoisotopic (exact) mass is 304 g/mol. The molecule has 0 spiro atoms. The number of aryl methyl sites for hydroxylation is 1. The molecule has 2 amide bonds. The number of fused-ring (bicyclic) bond motifs is 1. The van der Waals surface area contributed by atoms with Crippen LogP contribution in [0, 0.1) is 0 Å². The van der Waals surface area contributed by atoms with E-state index in [1.54, 1.807) is 22.8 Å². The van der Waals surface area contributed by atoms with E-state index in [1.165, 1.54) is 7.05 Å². The van der Waals surface area contributed by atoms with Crippen molar-refractivity contribution < 1.29 is 9.59 Å². The van der Waals surface area contributed by atoms with Gasteiger partial charge in [0, 0.05) is 13.5 Å². The average molecular weight is 305 g/mol. The Balaban J connectivity index is 2.13. The molecule has 0 atom stereocenters. The van der Waals surface area contributed by atoms with E-state index in [-0.39, 0.29) is 17.1 Å². The molecule has 1 aromatic heterocycles. The fourth-order valence-corrected chi connectivity index (χ4v) is 2.66. The van der Waals surface area contributed by atoms with Gasteiger partial charge >= 0.3 is 0 Å². The second kappa shape index (κ2) is 4.96. The number of carbonyl (C=O) groups excluding carboxylic acids is 2. The van der Waals surface area contributed by atoms with Gasteiger partial charge in [-0.15, -0.1) is 10.2 Å². The van der Waals surface area contributed by atoms with Crippen LogP contribution in [0.25, 0.3) is 5.69 Å². The highest BCUT2D eigenvalue weighted by Crippen LogP contribution is 2.26. The molecule has 0 bridgehead atoms. The average Bonchev–Trinajstić information content (AvgIpc) is 2.94. The minimum atomic E-state index is -0.307. The van der Waals surface area contributed by atoms with Crippen molar-refractivity contribution in [2.45, 2.75) is 19.8 Å². The van der Waals surface area contributed by atoms with E-state index < -0.39 is 0 Å². The summed E-state index contributed by atoms with van der Waals surface area (Å²) in [7, 11) is 1.47. The first-order valence-electron chi connectivity index (χ1n) is 6.61. The third-order valence-electron chi connectivity index (χ3n) is 3.50. The second-order valence-corrected chi connectivity index (χ2v) is 5.21. The third-order valence-corrected chi connectivity index (χ3v) is 3.74. The van der Waals surface area contributed by atoms with Gasteiger partial charge in [-0.05, 0) is 36.2 Å². The summed E-state index contributed by atoms with van der Waals surface area (Å²) in [6.07, 6.45) is 1.63. The zero-order chi connectivity index (χ0) is 15.1. The summed E-state index contributed by atoms with van der Waals surface area (Å²) in [5.74, 6) is 0.135. The number of rotatable bonds is 3. The summed E-state index contributed by atoms with van der Waals surface area (Å²) < 4.78 is 1.70. The van der Waals surface area contributed by atoms with Gasteiger partial charge in [-0.25, -0.2) is 0 Å². The van der Waals surface area contributed by atoms with Gasteiger partial charge in [-0.1, -0.05) is 6.92 Å². The molecule has 21 heavy (non-hydrogen) atoms. The molecule has 1 aromatic carbocycles. The van der Waals surface area contributed by atoms with E-state index in [4.69, 9.17) is 11.6 Å². The molecule has 7 heteroatoms. The van der Waals surface area contributed by atoms with Crippen LogP contribution in [-0.4, -0.2) is 38.5 Å². The smallest absolute Gasteiger partial charge is 0.261 e. The topological polar surface area (TPSA) is 68.1 Å². The number of hydrogen-bond acceptors (Lipinski definition) is 4. The van der Waals surface area contributed by atoms with Crippen molar-refractivity contribution in [3.8, 4) is 5.69 Å². The molecular weight excluding hydrogens is 292 g/mol. The van der Waals surface area contributed by atoms with Crippen molar-refractivity contribution in [2.75, 3.05) is 7.05 Å².